The van der Waals surface area contributed by atoms with Gasteiger partial charge in [0.15, 0.2) is 0 Å². The Hall–Kier alpha value is -1.60. The first-order valence-electron chi connectivity index (χ1n) is 6.96. The molecule has 0 spiro atoms. The lowest BCUT2D eigenvalue weighted by Crippen LogP contribution is -2.86. The molecule has 2 nitrogen and oxygen atoms in total. The number of hydrogen-bond acceptors (Lipinski definition) is 1. The highest BCUT2D eigenvalue weighted by molar-refractivity contribution is 9.10. The van der Waals surface area contributed by atoms with Crippen LogP contribution < -0.4 is 5.32 Å². The zero-order valence-corrected chi connectivity index (χ0v) is 14.8. The number of hydrogen-bond donors (Lipinski definition) is 1. The Morgan fingerprint density at radius 2 is 1.18 bits per heavy atom. The Balaban J connectivity index is 2.69. The van der Waals surface area contributed by atoms with Crippen LogP contribution >= 0.6 is 15.9 Å². The molecule has 1 aliphatic rings. The molecule has 0 unspecified atom stereocenters. The molecule has 0 radical (unpaired) electrons. The predicted octanol–water partition coefficient (Wildman–Crippen LogP) is 5.59. The maximum absolute atomic E-state index is 14.5. The second-order valence-corrected chi connectivity index (χ2v) is 6.86. The molecule has 1 fully saturated rings. The van der Waals surface area contributed by atoms with Crippen molar-refractivity contribution in [3.63, 3.8) is 0 Å². The molecule has 0 bridgehead atoms. The van der Waals surface area contributed by atoms with Gasteiger partial charge in [-0.15, -0.1) is 0 Å². The summed E-state index contributed by atoms with van der Waals surface area (Å²) >= 11 is 2.92. The van der Waals surface area contributed by atoms with Gasteiger partial charge in [-0.3, -0.25) is 4.79 Å². The largest absolute Gasteiger partial charge is 0.384 e. The number of benzene rings is 1. The Morgan fingerprint density at radius 3 is 1.57 bits per heavy atom. The quantitative estimate of drug-likeness (QED) is 0.534. The average molecular weight is 494 g/mol. The van der Waals surface area contributed by atoms with Gasteiger partial charge in [0.1, 0.15) is 0 Å². The zero-order chi connectivity index (χ0) is 22.1. The van der Waals surface area contributed by atoms with Crippen LogP contribution in [0.25, 0.3) is 0 Å². The number of anilines is 1. The maximum atomic E-state index is 14.5. The highest BCUT2D eigenvalue weighted by Gasteiger charge is 3.02. The molecule has 28 heavy (non-hydrogen) atoms. The number of carbonyl (C=O) groups is 1. The van der Waals surface area contributed by atoms with Gasteiger partial charge < -0.3 is 5.32 Å². The molecule has 1 aromatic rings. The SMILES string of the molecule is Cc1cc(Br)ccc1NC(=O)C1(F)C(F)(F)C(F)(F)C(F)(F)C(F)(F)C1(F)F. The van der Waals surface area contributed by atoms with Crippen molar-refractivity contribution in [1.82, 2.24) is 0 Å². The molecule has 1 amide bonds. The number of rotatable bonds is 2. The summed E-state index contributed by atoms with van der Waals surface area (Å²) < 4.78 is 150. The molecule has 1 aromatic carbocycles. The topological polar surface area (TPSA) is 29.1 Å². The summed E-state index contributed by atoms with van der Waals surface area (Å²) in [4.78, 5) is 11.8. The van der Waals surface area contributed by atoms with Gasteiger partial charge in [0.05, 0.1) is 0 Å². The van der Waals surface area contributed by atoms with Crippen molar-refractivity contribution in [2.45, 2.75) is 42.2 Å². The van der Waals surface area contributed by atoms with Gasteiger partial charge in [-0.05, 0) is 30.7 Å². The minimum atomic E-state index is -7.36. The van der Waals surface area contributed by atoms with Crippen molar-refractivity contribution in [3.05, 3.63) is 28.2 Å². The van der Waals surface area contributed by atoms with E-state index in [2.05, 4.69) is 15.9 Å². The fourth-order valence-corrected chi connectivity index (χ4v) is 2.96. The van der Waals surface area contributed by atoms with E-state index in [1.807, 2.05) is 0 Å². The summed E-state index contributed by atoms with van der Waals surface area (Å²) in [6, 6.07) is 3.02. The Bertz CT molecular complexity index is 794. The van der Waals surface area contributed by atoms with Crippen LogP contribution in [0.4, 0.5) is 54.0 Å². The molecule has 0 atom stereocenters. The molecule has 2 rings (SSSR count). The highest BCUT2D eigenvalue weighted by Crippen LogP contribution is 2.69. The molecule has 0 saturated heterocycles. The van der Waals surface area contributed by atoms with Crippen molar-refractivity contribution in [3.8, 4) is 0 Å². The van der Waals surface area contributed by atoms with Crippen LogP contribution in [0.15, 0.2) is 22.7 Å². The minimum Gasteiger partial charge on any atom is -0.323 e. The smallest absolute Gasteiger partial charge is 0.323 e. The van der Waals surface area contributed by atoms with E-state index >= 15 is 0 Å². The predicted molar refractivity (Wildman–Crippen MR) is 76.1 cm³/mol. The van der Waals surface area contributed by atoms with Crippen LogP contribution in [-0.4, -0.2) is 41.2 Å². The van der Waals surface area contributed by atoms with Crippen molar-refractivity contribution in [2.75, 3.05) is 5.32 Å². The molecule has 14 heteroatoms. The zero-order valence-electron chi connectivity index (χ0n) is 13.2. The lowest BCUT2D eigenvalue weighted by atomic mass is 9.71. The van der Waals surface area contributed by atoms with Crippen LogP contribution in [0.2, 0.25) is 0 Å². The van der Waals surface area contributed by atoms with Crippen LogP contribution in [0, 0.1) is 6.92 Å². The van der Waals surface area contributed by atoms with Crippen LogP contribution in [0.5, 0.6) is 0 Å². The van der Waals surface area contributed by atoms with Crippen molar-refractivity contribution < 1.29 is 53.1 Å². The van der Waals surface area contributed by atoms with E-state index in [0.717, 1.165) is 30.4 Å². The van der Waals surface area contributed by atoms with E-state index in [4.69, 9.17) is 0 Å². The second-order valence-electron chi connectivity index (χ2n) is 5.94. The number of amides is 1. The summed E-state index contributed by atoms with van der Waals surface area (Å²) in [5.41, 5.74) is -7.52. The Morgan fingerprint density at radius 1 is 0.786 bits per heavy atom. The van der Waals surface area contributed by atoms with Gasteiger partial charge in [-0.1, -0.05) is 15.9 Å². The lowest BCUT2D eigenvalue weighted by molar-refractivity contribution is -0.475. The molecule has 158 valence electrons. The maximum Gasteiger partial charge on any atom is 0.384 e. The molecule has 1 N–H and O–H groups in total. The monoisotopic (exact) mass is 493 g/mol. The molecule has 0 heterocycles. The fraction of sp³-hybridized carbons (Fsp3) is 0.500. The number of nitrogens with one attached hydrogen (secondary N) is 1. The van der Waals surface area contributed by atoms with Gasteiger partial charge in [-0.2, -0.15) is 43.9 Å². The van der Waals surface area contributed by atoms with Gasteiger partial charge in [0, 0.05) is 10.2 Å². The van der Waals surface area contributed by atoms with E-state index < -0.39 is 46.9 Å². The molecule has 0 aliphatic heterocycles. The van der Waals surface area contributed by atoms with E-state index in [0.29, 0.717) is 4.47 Å². The van der Waals surface area contributed by atoms with Gasteiger partial charge in [0.25, 0.3) is 5.91 Å². The first-order valence-corrected chi connectivity index (χ1v) is 7.75. The summed E-state index contributed by atoms with van der Waals surface area (Å²) in [6.45, 7) is 1.12. The molecule has 0 aromatic heterocycles. The van der Waals surface area contributed by atoms with E-state index in [1.165, 1.54) is 0 Å². The highest BCUT2D eigenvalue weighted by atomic mass is 79.9. The molecule has 1 saturated carbocycles. The summed E-state index contributed by atoms with van der Waals surface area (Å²) in [5.74, 6) is -39.8. The number of halogens is 12. The first-order chi connectivity index (χ1) is 12.3. The first kappa shape index (κ1) is 22.7. The third-order valence-corrected chi connectivity index (χ3v) is 4.69. The number of aryl methyl sites for hydroxylation is 1. The van der Waals surface area contributed by atoms with E-state index in [9.17, 15) is 53.1 Å². The van der Waals surface area contributed by atoms with Crippen molar-refractivity contribution >= 4 is 27.5 Å². The third kappa shape index (κ3) is 2.35. The van der Waals surface area contributed by atoms with Crippen LogP contribution in [-0.2, 0) is 4.79 Å². The second kappa shape index (κ2) is 5.95. The third-order valence-electron chi connectivity index (χ3n) is 4.19. The molecule has 1 aliphatic carbocycles. The summed E-state index contributed by atoms with van der Waals surface area (Å²) in [7, 11) is 0. The van der Waals surface area contributed by atoms with Crippen molar-refractivity contribution in [2.24, 2.45) is 0 Å². The van der Waals surface area contributed by atoms with Crippen molar-refractivity contribution in [1.29, 1.82) is 0 Å². The fourth-order valence-electron chi connectivity index (χ4n) is 2.48. The number of alkyl halides is 11. The minimum absolute atomic E-state index is 0.113. The lowest BCUT2D eigenvalue weighted by Gasteiger charge is -2.51. The van der Waals surface area contributed by atoms with Gasteiger partial charge >= 0.3 is 35.3 Å². The van der Waals surface area contributed by atoms with E-state index in [-0.39, 0.29) is 5.56 Å². The summed E-state index contributed by atoms with van der Waals surface area (Å²) in [5, 5.41) is 1.06. The van der Waals surface area contributed by atoms with Gasteiger partial charge in [-0.25, -0.2) is 4.39 Å². The Labute approximate surface area is 157 Å². The van der Waals surface area contributed by atoms with E-state index in [1.54, 1.807) is 0 Å². The normalized spacial score (nSPS) is 25.8. The number of carbonyl (C=O) groups excluding carboxylic acids is 1. The molecular weight excluding hydrogens is 487 g/mol. The molecular formula is C14H7BrF11NO. The Kier molecular flexibility index (Phi) is 4.82. The van der Waals surface area contributed by atoms with Gasteiger partial charge in [0.2, 0.25) is 0 Å². The van der Waals surface area contributed by atoms with Crippen LogP contribution in [0.1, 0.15) is 5.56 Å². The van der Waals surface area contributed by atoms with Crippen LogP contribution in [0.3, 0.4) is 0 Å². The standard InChI is InChI=1S/C14H7BrF11NO/c1-5-4-6(15)2-3-7(5)27-8(28)9(16)10(17,18)12(21,22)14(25,26)13(23,24)11(9,19)20/h2-4H,1H3,(H,27,28). The average Bonchev–Trinajstić information content (AvgIpc) is 2.54. The summed E-state index contributed by atoms with van der Waals surface area (Å²) in [6.07, 6.45) is 0.